The van der Waals surface area contributed by atoms with Crippen molar-refractivity contribution in [1.29, 1.82) is 0 Å². The SMILES string of the molecule is N/C1=C(\N)c2ccccc2NCc2ccccc21. The molecule has 0 saturated carbocycles. The normalized spacial score (nSPS) is 18.0. The first kappa shape index (κ1) is 10.7. The van der Waals surface area contributed by atoms with Crippen molar-refractivity contribution in [3.63, 3.8) is 0 Å². The van der Waals surface area contributed by atoms with E-state index in [9.17, 15) is 0 Å². The van der Waals surface area contributed by atoms with Crippen LogP contribution in [0.5, 0.6) is 0 Å². The van der Waals surface area contributed by atoms with E-state index in [2.05, 4.69) is 11.4 Å². The monoisotopic (exact) mass is 237 g/mol. The molecule has 3 heteroatoms. The van der Waals surface area contributed by atoms with Gasteiger partial charge in [-0.15, -0.1) is 0 Å². The Morgan fingerprint density at radius 3 is 2.22 bits per heavy atom. The van der Waals surface area contributed by atoms with Crippen LogP contribution in [0.1, 0.15) is 16.7 Å². The molecule has 5 N–H and O–H groups in total. The van der Waals surface area contributed by atoms with Crippen LogP contribution in [0.25, 0.3) is 11.4 Å². The quantitative estimate of drug-likeness (QED) is 0.659. The molecule has 1 aliphatic rings. The minimum Gasteiger partial charge on any atom is -0.397 e. The summed E-state index contributed by atoms with van der Waals surface area (Å²) in [6.45, 7) is 0.751. The van der Waals surface area contributed by atoms with Crippen molar-refractivity contribution < 1.29 is 0 Å². The largest absolute Gasteiger partial charge is 0.397 e. The minimum atomic E-state index is 0.630. The Morgan fingerprint density at radius 1 is 0.778 bits per heavy atom. The highest BCUT2D eigenvalue weighted by Crippen LogP contribution is 2.29. The Kier molecular flexibility index (Phi) is 2.45. The lowest BCUT2D eigenvalue weighted by Crippen LogP contribution is -2.15. The van der Waals surface area contributed by atoms with E-state index < -0.39 is 0 Å². The number of para-hydroxylation sites is 1. The number of fused-ring (bicyclic) bond motifs is 2. The number of hydrogen-bond acceptors (Lipinski definition) is 3. The zero-order valence-corrected chi connectivity index (χ0v) is 9.98. The zero-order chi connectivity index (χ0) is 12.5. The molecule has 0 radical (unpaired) electrons. The van der Waals surface area contributed by atoms with E-state index in [-0.39, 0.29) is 0 Å². The van der Waals surface area contributed by atoms with Crippen molar-refractivity contribution >= 4 is 17.1 Å². The molecule has 0 aliphatic carbocycles. The first-order chi connectivity index (χ1) is 8.77. The Bertz CT molecular complexity index is 574. The van der Waals surface area contributed by atoms with Crippen LogP contribution in [-0.4, -0.2) is 0 Å². The Balaban J connectivity index is 2.27. The Hall–Kier alpha value is -2.42. The summed E-state index contributed by atoms with van der Waals surface area (Å²) >= 11 is 0. The van der Waals surface area contributed by atoms with E-state index in [0.717, 1.165) is 28.9 Å². The molecule has 1 heterocycles. The predicted molar refractivity (Wildman–Crippen MR) is 75.4 cm³/mol. The van der Waals surface area contributed by atoms with Crippen LogP contribution >= 0.6 is 0 Å². The molecule has 0 fully saturated rings. The summed E-state index contributed by atoms with van der Waals surface area (Å²) in [5.41, 5.74) is 17.8. The van der Waals surface area contributed by atoms with Crippen LogP contribution in [-0.2, 0) is 6.54 Å². The van der Waals surface area contributed by atoms with Gasteiger partial charge in [0.25, 0.3) is 0 Å². The Morgan fingerprint density at radius 2 is 1.39 bits per heavy atom. The topological polar surface area (TPSA) is 64.1 Å². The summed E-state index contributed by atoms with van der Waals surface area (Å²) in [6.07, 6.45) is 0. The van der Waals surface area contributed by atoms with Gasteiger partial charge in [-0.2, -0.15) is 0 Å². The van der Waals surface area contributed by atoms with Gasteiger partial charge in [-0.05, 0) is 11.6 Å². The zero-order valence-electron chi connectivity index (χ0n) is 9.98. The standard InChI is InChI=1S/C15H15N3/c16-14-11-6-2-1-5-10(11)9-18-13-8-4-3-7-12(13)15(14)17/h1-8,18H,9,16-17H2/b15-14-. The van der Waals surface area contributed by atoms with E-state index in [1.165, 1.54) is 0 Å². The number of rotatable bonds is 0. The molecule has 0 amide bonds. The third-order valence-electron chi connectivity index (χ3n) is 3.28. The maximum Gasteiger partial charge on any atom is 0.0648 e. The van der Waals surface area contributed by atoms with Crippen LogP contribution in [0.2, 0.25) is 0 Å². The lowest BCUT2D eigenvalue weighted by atomic mass is 9.98. The maximum absolute atomic E-state index is 6.20. The predicted octanol–water partition coefficient (Wildman–Crippen LogP) is 2.36. The highest BCUT2D eigenvalue weighted by Gasteiger charge is 2.15. The van der Waals surface area contributed by atoms with E-state index in [0.29, 0.717) is 11.4 Å². The van der Waals surface area contributed by atoms with Crippen molar-refractivity contribution in [1.82, 2.24) is 0 Å². The third kappa shape index (κ3) is 1.61. The van der Waals surface area contributed by atoms with Crippen LogP contribution in [0.4, 0.5) is 5.69 Å². The van der Waals surface area contributed by atoms with Gasteiger partial charge in [0.05, 0.1) is 11.4 Å². The number of nitrogens with two attached hydrogens (primary N) is 2. The fourth-order valence-corrected chi connectivity index (χ4v) is 2.29. The van der Waals surface area contributed by atoms with Crippen molar-refractivity contribution in [3.8, 4) is 0 Å². The van der Waals surface area contributed by atoms with Gasteiger partial charge in [-0.25, -0.2) is 0 Å². The average Bonchev–Trinajstić information content (AvgIpc) is 2.43. The van der Waals surface area contributed by atoms with Crippen molar-refractivity contribution in [3.05, 3.63) is 65.2 Å². The molecule has 0 aromatic heterocycles. The number of anilines is 1. The summed E-state index contributed by atoms with van der Waals surface area (Å²) in [5, 5.41) is 3.40. The Labute approximate surface area is 106 Å². The van der Waals surface area contributed by atoms with Crippen molar-refractivity contribution in [2.45, 2.75) is 6.54 Å². The molecule has 0 spiro atoms. The molecule has 2 aromatic carbocycles. The van der Waals surface area contributed by atoms with Gasteiger partial charge >= 0.3 is 0 Å². The fraction of sp³-hybridized carbons (Fsp3) is 0.0667. The lowest BCUT2D eigenvalue weighted by Gasteiger charge is -2.20. The molecule has 18 heavy (non-hydrogen) atoms. The third-order valence-corrected chi connectivity index (χ3v) is 3.28. The molecule has 3 rings (SSSR count). The molecule has 0 saturated heterocycles. The molecular weight excluding hydrogens is 222 g/mol. The average molecular weight is 237 g/mol. The van der Waals surface area contributed by atoms with Crippen LogP contribution < -0.4 is 16.8 Å². The minimum absolute atomic E-state index is 0.630. The molecule has 2 aromatic rings. The smallest absolute Gasteiger partial charge is 0.0648 e. The van der Waals surface area contributed by atoms with Gasteiger partial charge in [-0.3, -0.25) is 0 Å². The summed E-state index contributed by atoms with van der Waals surface area (Å²) in [4.78, 5) is 0. The second kappa shape index (κ2) is 4.11. The number of hydrogen-bond donors (Lipinski definition) is 3. The lowest BCUT2D eigenvalue weighted by molar-refractivity contribution is 1.12. The second-order valence-electron chi connectivity index (χ2n) is 4.38. The van der Waals surface area contributed by atoms with E-state index in [1.807, 2.05) is 42.5 Å². The maximum atomic E-state index is 6.20. The van der Waals surface area contributed by atoms with Crippen molar-refractivity contribution in [2.24, 2.45) is 11.5 Å². The molecule has 3 nitrogen and oxygen atoms in total. The molecule has 0 bridgehead atoms. The molecule has 90 valence electrons. The highest BCUT2D eigenvalue weighted by molar-refractivity contribution is 5.92. The van der Waals surface area contributed by atoms with Crippen LogP contribution in [0.3, 0.4) is 0 Å². The molecule has 1 aliphatic heterocycles. The fourth-order valence-electron chi connectivity index (χ4n) is 2.29. The van der Waals surface area contributed by atoms with Crippen LogP contribution in [0.15, 0.2) is 48.5 Å². The van der Waals surface area contributed by atoms with Gasteiger partial charge in [-0.1, -0.05) is 42.5 Å². The van der Waals surface area contributed by atoms with E-state index in [1.54, 1.807) is 0 Å². The summed E-state index contributed by atoms with van der Waals surface area (Å²) in [6, 6.07) is 16.0. The summed E-state index contributed by atoms with van der Waals surface area (Å²) < 4.78 is 0. The number of nitrogens with one attached hydrogen (secondary N) is 1. The van der Waals surface area contributed by atoms with E-state index in [4.69, 9.17) is 11.5 Å². The van der Waals surface area contributed by atoms with Crippen molar-refractivity contribution in [2.75, 3.05) is 5.32 Å². The summed E-state index contributed by atoms with van der Waals surface area (Å²) in [7, 11) is 0. The van der Waals surface area contributed by atoms with Gasteiger partial charge in [0, 0.05) is 23.4 Å². The summed E-state index contributed by atoms with van der Waals surface area (Å²) in [5.74, 6) is 0. The van der Waals surface area contributed by atoms with E-state index >= 15 is 0 Å². The first-order valence-corrected chi connectivity index (χ1v) is 5.94. The van der Waals surface area contributed by atoms with Gasteiger partial charge < -0.3 is 16.8 Å². The molecule has 0 atom stereocenters. The van der Waals surface area contributed by atoms with Gasteiger partial charge in [0.2, 0.25) is 0 Å². The first-order valence-electron chi connectivity index (χ1n) is 5.94. The molecule has 0 unspecified atom stereocenters. The van der Waals surface area contributed by atoms with Crippen LogP contribution in [0, 0.1) is 0 Å². The number of benzene rings is 2. The van der Waals surface area contributed by atoms with Gasteiger partial charge in [0.15, 0.2) is 0 Å². The second-order valence-corrected chi connectivity index (χ2v) is 4.38. The van der Waals surface area contributed by atoms with Gasteiger partial charge in [0.1, 0.15) is 0 Å². The molecular formula is C15H15N3. The highest BCUT2D eigenvalue weighted by atomic mass is 14.9.